The average Bonchev–Trinajstić information content (AvgIpc) is 3.12. The lowest BCUT2D eigenvalue weighted by Gasteiger charge is -2.44. The maximum Gasteiger partial charge on any atom is 0.325 e. The lowest BCUT2D eigenvalue weighted by atomic mass is 9.90. The van der Waals surface area contributed by atoms with E-state index in [-0.39, 0.29) is 11.9 Å². The second-order valence-corrected chi connectivity index (χ2v) is 7.47. The van der Waals surface area contributed by atoms with Crippen LogP contribution in [-0.4, -0.2) is 65.7 Å². The molecule has 128 valence electrons. The maximum atomic E-state index is 12.7. The summed E-state index contributed by atoms with van der Waals surface area (Å²) in [6, 6.07) is 0.282. The largest absolute Gasteiger partial charge is 0.375 e. The summed E-state index contributed by atoms with van der Waals surface area (Å²) in [5, 5.41) is 2.97. The van der Waals surface area contributed by atoms with E-state index < -0.39 is 5.54 Å². The molecule has 4 fully saturated rings. The molecule has 2 aliphatic carbocycles. The van der Waals surface area contributed by atoms with Crippen molar-refractivity contribution in [1.29, 1.82) is 0 Å². The predicted molar refractivity (Wildman–Crippen MR) is 85.0 cm³/mol. The maximum absolute atomic E-state index is 12.7. The van der Waals surface area contributed by atoms with Crippen molar-refractivity contribution >= 4 is 11.9 Å². The number of nitrogens with one attached hydrogen (secondary N) is 1. The van der Waals surface area contributed by atoms with Crippen LogP contribution in [0.3, 0.4) is 0 Å². The van der Waals surface area contributed by atoms with Crippen LogP contribution < -0.4 is 5.32 Å². The van der Waals surface area contributed by atoms with Crippen LogP contribution in [0.2, 0.25) is 0 Å². The molecule has 6 heteroatoms. The molecule has 2 saturated heterocycles. The van der Waals surface area contributed by atoms with Crippen LogP contribution in [0.1, 0.15) is 51.4 Å². The van der Waals surface area contributed by atoms with E-state index in [4.69, 9.17) is 4.74 Å². The van der Waals surface area contributed by atoms with Gasteiger partial charge in [0, 0.05) is 25.7 Å². The van der Waals surface area contributed by atoms with Gasteiger partial charge in [-0.1, -0.05) is 25.7 Å². The smallest absolute Gasteiger partial charge is 0.325 e. The normalized spacial score (nSPS) is 34.0. The van der Waals surface area contributed by atoms with Gasteiger partial charge in [-0.25, -0.2) is 4.79 Å². The van der Waals surface area contributed by atoms with Gasteiger partial charge in [-0.05, 0) is 25.7 Å². The predicted octanol–water partition coefficient (Wildman–Crippen LogP) is 1.49. The molecular weight excluding hydrogens is 294 g/mol. The standard InChI is InChI=1S/C17H27N3O3/c21-15-17(7-3-4-8-17)18-16(22)20(15)10-9-19-11-12-23-14-6-2-1-5-13(14)19/h13-14H,1-12H2,(H,18,22)/t13-,14-/m1/s1. The van der Waals surface area contributed by atoms with E-state index in [2.05, 4.69) is 10.2 Å². The third-order valence-corrected chi connectivity index (χ3v) is 6.16. The van der Waals surface area contributed by atoms with Crippen molar-refractivity contribution in [3.8, 4) is 0 Å². The Morgan fingerprint density at radius 3 is 2.70 bits per heavy atom. The van der Waals surface area contributed by atoms with Gasteiger partial charge < -0.3 is 10.1 Å². The minimum Gasteiger partial charge on any atom is -0.375 e. The number of morpholine rings is 1. The molecule has 3 amide bonds. The summed E-state index contributed by atoms with van der Waals surface area (Å²) in [7, 11) is 0. The van der Waals surface area contributed by atoms with Crippen LogP contribution in [0.15, 0.2) is 0 Å². The van der Waals surface area contributed by atoms with Crippen LogP contribution in [-0.2, 0) is 9.53 Å². The molecule has 0 radical (unpaired) electrons. The van der Waals surface area contributed by atoms with E-state index in [9.17, 15) is 9.59 Å². The van der Waals surface area contributed by atoms with Gasteiger partial charge >= 0.3 is 6.03 Å². The van der Waals surface area contributed by atoms with E-state index in [1.165, 1.54) is 24.2 Å². The van der Waals surface area contributed by atoms with E-state index in [1.807, 2.05) is 0 Å². The third kappa shape index (κ3) is 2.66. The summed E-state index contributed by atoms with van der Waals surface area (Å²) >= 11 is 0. The zero-order chi connectivity index (χ0) is 15.9. The highest BCUT2D eigenvalue weighted by atomic mass is 16.5. The zero-order valence-corrected chi connectivity index (χ0v) is 13.8. The number of fused-ring (bicyclic) bond motifs is 1. The van der Waals surface area contributed by atoms with Crippen molar-refractivity contribution < 1.29 is 14.3 Å². The first-order valence-corrected chi connectivity index (χ1v) is 9.19. The van der Waals surface area contributed by atoms with Crippen molar-refractivity contribution in [2.45, 2.75) is 69.1 Å². The number of hydrogen-bond donors (Lipinski definition) is 1. The van der Waals surface area contributed by atoms with Crippen LogP contribution in [0.25, 0.3) is 0 Å². The average molecular weight is 321 g/mol. The summed E-state index contributed by atoms with van der Waals surface area (Å²) in [5.74, 6) is 0.00783. The van der Waals surface area contributed by atoms with Gasteiger partial charge in [-0.3, -0.25) is 14.6 Å². The molecule has 0 aromatic heterocycles. The second-order valence-electron chi connectivity index (χ2n) is 7.47. The molecule has 2 saturated carbocycles. The number of ether oxygens (including phenoxy) is 1. The number of nitrogens with zero attached hydrogens (tertiary/aromatic N) is 2. The minimum absolute atomic E-state index is 0.00783. The first-order chi connectivity index (χ1) is 11.2. The topological polar surface area (TPSA) is 61.9 Å². The fraction of sp³-hybridized carbons (Fsp3) is 0.882. The van der Waals surface area contributed by atoms with Crippen molar-refractivity contribution in [2.24, 2.45) is 0 Å². The molecule has 4 rings (SSSR count). The van der Waals surface area contributed by atoms with E-state index >= 15 is 0 Å². The molecule has 0 aromatic carbocycles. The Morgan fingerprint density at radius 2 is 1.87 bits per heavy atom. The Balaban J connectivity index is 1.38. The lowest BCUT2D eigenvalue weighted by molar-refractivity contribution is -0.132. The SMILES string of the molecule is O=C1NC2(CCCC2)C(=O)N1CCN1CCO[C@@H]2CCCC[C@H]21. The van der Waals surface area contributed by atoms with E-state index in [1.54, 1.807) is 0 Å². The molecular formula is C17H27N3O3. The Bertz CT molecular complexity index is 487. The van der Waals surface area contributed by atoms with Gasteiger partial charge in [0.1, 0.15) is 5.54 Å². The molecule has 23 heavy (non-hydrogen) atoms. The van der Waals surface area contributed by atoms with E-state index in [0.717, 1.165) is 51.8 Å². The molecule has 6 nitrogen and oxygen atoms in total. The second kappa shape index (κ2) is 6.06. The zero-order valence-electron chi connectivity index (χ0n) is 13.8. The fourth-order valence-corrected chi connectivity index (χ4v) is 4.88. The summed E-state index contributed by atoms with van der Waals surface area (Å²) < 4.78 is 5.90. The highest BCUT2D eigenvalue weighted by molar-refractivity contribution is 6.07. The number of carbonyl (C=O) groups is 2. The fourth-order valence-electron chi connectivity index (χ4n) is 4.88. The number of urea groups is 1. The van der Waals surface area contributed by atoms with Crippen molar-refractivity contribution in [1.82, 2.24) is 15.1 Å². The molecule has 2 aliphatic heterocycles. The molecule has 2 heterocycles. The molecule has 4 aliphatic rings. The molecule has 2 atom stereocenters. The number of rotatable bonds is 3. The summed E-state index contributed by atoms with van der Waals surface area (Å²) in [5.41, 5.74) is -0.574. The van der Waals surface area contributed by atoms with Crippen molar-refractivity contribution in [3.05, 3.63) is 0 Å². The van der Waals surface area contributed by atoms with Gasteiger partial charge in [-0.15, -0.1) is 0 Å². The quantitative estimate of drug-likeness (QED) is 0.800. The summed E-state index contributed by atoms with van der Waals surface area (Å²) in [4.78, 5) is 28.8. The Labute approximate surface area is 137 Å². The molecule has 0 bridgehead atoms. The monoisotopic (exact) mass is 321 g/mol. The first-order valence-electron chi connectivity index (χ1n) is 9.19. The van der Waals surface area contributed by atoms with Crippen LogP contribution in [0.4, 0.5) is 4.79 Å². The van der Waals surface area contributed by atoms with Crippen LogP contribution >= 0.6 is 0 Å². The summed E-state index contributed by atoms with van der Waals surface area (Å²) in [6.07, 6.45) is 8.86. The van der Waals surface area contributed by atoms with Gasteiger partial charge in [0.05, 0.1) is 12.7 Å². The Kier molecular flexibility index (Phi) is 4.05. The van der Waals surface area contributed by atoms with Gasteiger partial charge in [0.25, 0.3) is 5.91 Å². The van der Waals surface area contributed by atoms with E-state index in [0.29, 0.717) is 18.7 Å². The lowest BCUT2D eigenvalue weighted by Crippen LogP contribution is -2.54. The highest BCUT2D eigenvalue weighted by Gasteiger charge is 2.52. The van der Waals surface area contributed by atoms with Crippen molar-refractivity contribution in [2.75, 3.05) is 26.2 Å². The molecule has 1 spiro atoms. The molecule has 0 aromatic rings. The molecule has 0 unspecified atom stereocenters. The first kappa shape index (κ1) is 15.4. The number of imide groups is 1. The van der Waals surface area contributed by atoms with Gasteiger partial charge in [0.2, 0.25) is 0 Å². The minimum atomic E-state index is -0.574. The Morgan fingerprint density at radius 1 is 1.09 bits per heavy atom. The van der Waals surface area contributed by atoms with Crippen LogP contribution in [0, 0.1) is 0 Å². The Hall–Kier alpha value is -1.14. The third-order valence-electron chi connectivity index (χ3n) is 6.16. The number of carbonyl (C=O) groups excluding carboxylic acids is 2. The van der Waals surface area contributed by atoms with Gasteiger partial charge in [-0.2, -0.15) is 0 Å². The summed E-state index contributed by atoms with van der Waals surface area (Å²) in [6.45, 7) is 2.97. The van der Waals surface area contributed by atoms with Gasteiger partial charge in [0.15, 0.2) is 0 Å². The highest BCUT2D eigenvalue weighted by Crippen LogP contribution is 2.35. The van der Waals surface area contributed by atoms with Crippen molar-refractivity contribution in [3.63, 3.8) is 0 Å². The number of amides is 3. The number of hydrogen-bond acceptors (Lipinski definition) is 4. The molecule has 1 N–H and O–H groups in total. The van der Waals surface area contributed by atoms with Crippen LogP contribution in [0.5, 0.6) is 0 Å².